The first kappa shape index (κ1) is 16.7. The van der Waals surface area contributed by atoms with Crippen molar-refractivity contribution in [3.8, 4) is 0 Å². The van der Waals surface area contributed by atoms with Gasteiger partial charge in [0, 0.05) is 19.0 Å². The van der Waals surface area contributed by atoms with Crippen LogP contribution in [0.25, 0.3) is 0 Å². The molecule has 0 heterocycles. The van der Waals surface area contributed by atoms with Gasteiger partial charge in [0.25, 0.3) is 0 Å². The molecule has 102 valence electrons. The van der Waals surface area contributed by atoms with Gasteiger partial charge in [0.05, 0.1) is 0 Å². The molecule has 0 aromatic carbocycles. The summed E-state index contributed by atoms with van der Waals surface area (Å²) < 4.78 is 0. The summed E-state index contributed by atoms with van der Waals surface area (Å²) >= 11 is 0. The number of rotatable bonds is 7. The molecule has 0 radical (unpaired) electrons. The molecule has 3 nitrogen and oxygen atoms in total. The summed E-state index contributed by atoms with van der Waals surface area (Å²) in [7, 11) is 1.88. The second kappa shape index (κ2) is 9.72. The molecule has 0 spiro atoms. The van der Waals surface area contributed by atoms with E-state index >= 15 is 0 Å². The largest absolute Gasteiger partial charge is 0.356 e. The van der Waals surface area contributed by atoms with Crippen LogP contribution in [-0.2, 0) is 4.79 Å². The summed E-state index contributed by atoms with van der Waals surface area (Å²) in [5.41, 5.74) is 0. The SMILES string of the molecule is CNCC(C)C(=O)NCCCC1CCCC1.Cl. The van der Waals surface area contributed by atoms with Crippen LogP contribution < -0.4 is 10.6 Å². The van der Waals surface area contributed by atoms with Crippen LogP contribution in [0.3, 0.4) is 0 Å². The molecule has 1 aliphatic carbocycles. The lowest BCUT2D eigenvalue weighted by atomic mass is 10.0. The summed E-state index contributed by atoms with van der Waals surface area (Å²) in [5, 5.41) is 6.03. The minimum Gasteiger partial charge on any atom is -0.356 e. The van der Waals surface area contributed by atoms with Gasteiger partial charge in [0.1, 0.15) is 0 Å². The van der Waals surface area contributed by atoms with Crippen molar-refractivity contribution in [1.29, 1.82) is 0 Å². The van der Waals surface area contributed by atoms with Crippen LogP contribution >= 0.6 is 12.4 Å². The van der Waals surface area contributed by atoms with Crippen molar-refractivity contribution < 1.29 is 4.79 Å². The Morgan fingerprint density at radius 1 is 1.35 bits per heavy atom. The second-order valence-electron chi connectivity index (χ2n) is 5.04. The van der Waals surface area contributed by atoms with Gasteiger partial charge in [0.15, 0.2) is 0 Å². The molecule has 17 heavy (non-hydrogen) atoms. The lowest BCUT2D eigenvalue weighted by Gasteiger charge is -2.12. The van der Waals surface area contributed by atoms with Crippen molar-refractivity contribution in [2.24, 2.45) is 11.8 Å². The van der Waals surface area contributed by atoms with E-state index in [2.05, 4.69) is 10.6 Å². The minimum absolute atomic E-state index is 0. The maximum atomic E-state index is 11.6. The quantitative estimate of drug-likeness (QED) is 0.692. The van der Waals surface area contributed by atoms with Crippen LogP contribution in [-0.4, -0.2) is 26.0 Å². The monoisotopic (exact) mass is 262 g/mol. The van der Waals surface area contributed by atoms with Gasteiger partial charge in [0.2, 0.25) is 5.91 Å². The molecule has 0 bridgehead atoms. The molecule has 1 rings (SSSR count). The lowest BCUT2D eigenvalue weighted by molar-refractivity contribution is -0.124. The van der Waals surface area contributed by atoms with E-state index in [9.17, 15) is 4.79 Å². The summed E-state index contributed by atoms with van der Waals surface area (Å²) in [4.78, 5) is 11.6. The number of hydrogen-bond donors (Lipinski definition) is 2. The van der Waals surface area contributed by atoms with Crippen LogP contribution in [0.4, 0.5) is 0 Å². The Morgan fingerprint density at radius 2 is 2.00 bits per heavy atom. The average molecular weight is 263 g/mol. The molecule has 0 aromatic rings. The Balaban J connectivity index is 0.00000256. The molecule has 1 atom stereocenters. The summed E-state index contributed by atoms with van der Waals surface area (Å²) in [6.07, 6.45) is 8.07. The van der Waals surface area contributed by atoms with Gasteiger partial charge < -0.3 is 10.6 Å². The topological polar surface area (TPSA) is 41.1 Å². The van der Waals surface area contributed by atoms with Crippen molar-refractivity contribution in [2.45, 2.75) is 45.4 Å². The van der Waals surface area contributed by atoms with Crippen molar-refractivity contribution >= 4 is 18.3 Å². The fourth-order valence-electron chi connectivity index (χ4n) is 2.47. The maximum absolute atomic E-state index is 11.6. The van der Waals surface area contributed by atoms with E-state index in [1.165, 1.54) is 32.1 Å². The first-order valence-corrected chi connectivity index (χ1v) is 6.66. The van der Waals surface area contributed by atoms with E-state index in [-0.39, 0.29) is 24.2 Å². The van der Waals surface area contributed by atoms with Gasteiger partial charge in [-0.15, -0.1) is 12.4 Å². The van der Waals surface area contributed by atoms with Crippen molar-refractivity contribution in [1.82, 2.24) is 10.6 Å². The summed E-state index contributed by atoms with van der Waals surface area (Å²) in [6.45, 7) is 3.57. The zero-order valence-corrected chi connectivity index (χ0v) is 11.9. The minimum atomic E-state index is 0. The van der Waals surface area contributed by atoms with Crippen LogP contribution in [0.15, 0.2) is 0 Å². The zero-order valence-electron chi connectivity index (χ0n) is 11.1. The maximum Gasteiger partial charge on any atom is 0.224 e. The molecular formula is C13H27ClN2O. The Kier molecular flexibility index (Phi) is 9.56. The highest BCUT2D eigenvalue weighted by Crippen LogP contribution is 2.28. The first-order chi connectivity index (χ1) is 7.74. The second-order valence-corrected chi connectivity index (χ2v) is 5.04. The number of carbonyl (C=O) groups is 1. The average Bonchev–Trinajstić information content (AvgIpc) is 2.77. The highest BCUT2D eigenvalue weighted by atomic mass is 35.5. The molecule has 1 aliphatic rings. The molecule has 1 fully saturated rings. The Bertz CT molecular complexity index is 206. The first-order valence-electron chi connectivity index (χ1n) is 6.66. The van der Waals surface area contributed by atoms with Crippen LogP contribution in [0, 0.1) is 11.8 Å². The van der Waals surface area contributed by atoms with Gasteiger partial charge in [-0.2, -0.15) is 0 Å². The molecule has 1 amide bonds. The number of amides is 1. The molecule has 1 unspecified atom stereocenters. The third-order valence-electron chi connectivity index (χ3n) is 3.52. The van der Waals surface area contributed by atoms with Gasteiger partial charge in [-0.3, -0.25) is 4.79 Å². The highest BCUT2D eigenvalue weighted by molar-refractivity contribution is 5.85. The predicted octanol–water partition coefficient (Wildman–Crippen LogP) is 2.35. The van der Waals surface area contributed by atoms with E-state index in [4.69, 9.17) is 0 Å². The third-order valence-corrected chi connectivity index (χ3v) is 3.52. The smallest absolute Gasteiger partial charge is 0.224 e. The molecule has 0 aliphatic heterocycles. The lowest BCUT2D eigenvalue weighted by Crippen LogP contribution is -2.34. The van der Waals surface area contributed by atoms with E-state index < -0.39 is 0 Å². The molecule has 2 N–H and O–H groups in total. The highest BCUT2D eigenvalue weighted by Gasteiger charge is 2.15. The number of hydrogen-bond acceptors (Lipinski definition) is 2. The van der Waals surface area contributed by atoms with Gasteiger partial charge in [-0.1, -0.05) is 32.6 Å². The standard InChI is InChI=1S/C13H26N2O.ClH/c1-11(10-14-2)13(16)15-9-5-8-12-6-3-4-7-12;/h11-12,14H,3-10H2,1-2H3,(H,15,16);1H. The molecule has 1 saturated carbocycles. The van der Waals surface area contributed by atoms with Crippen molar-refractivity contribution in [3.63, 3.8) is 0 Å². The number of halogens is 1. The van der Waals surface area contributed by atoms with Gasteiger partial charge in [-0.25, -0.2) is 0 Å². The van der Waals surface area contributed by atoms with Crippen LogP contribution in [0.5, 0.6) is 0 Å². The predicted molar refractivity (Wildman–Crippen MR) is 74.5 cm³/mol. The molecule has 0 aromatic heterocycles. The van der Waals surface area contributed by atoms with E-state index in [1.54, 1.807) is 0 Å². The Hall–Kier alpha value is -0.280. The number of carbonyl (C=O) groups excluding carboxylic acids is 1. The van der Waals surface area contributed by atoms with Crippen LogP contribution in [0.2, 0.25) is 0 Å². The van der Waals surface area contributed by atoms with Gasteiger partial charge in [-0.05, 0) is 25.8 Å². The fourth-order valence-corrected chi connectivity index (χ4v) is 2.47. The number of nitrogens with one attached hydrogen (secondary N) is 2. The molecule has 4 heteroatoms. The van der Waals surface area contributed by atoms with Crippen LogP contribution in [0.1, 0.15) is 45.4 Å². The molecular weight excluding hydrogens is 236 g/mol. The van der Waals surface area contributed by atoms with E-state index in [0.717, 1.165) is 25.4 Å². The Labute approximate surface area is 112 Å². The van der Waals surface area contributed by atoms with Crippen molar-refractivity contribution in [2.75, 3.05) is 20.1 Å². The molecule has 0 saturated heterocycles. The Morgan fingerprint density at radius 3 is 2.59 bits per heavy atom. The summed E-state index contributed by atoms with van der Waals surface area (Å²) in [5.74, 6) is 1.20. The summed E-state index contributed by atoms with van der Waals surface area (Å²) in [6, 6.07) is 0. The van der Waals surface area contributed by atoms with E-state index in [0.29, 0.717) is 0 Å². The zero-order chi connectivity index (χ0) is 11.8. The van der Waals surface area contributed by atoms with Gasteiger partial charge >= 0.3 is 0 Å². The third kappa shape index (κ3) is 6.89. The van der Waals surface area contributed by atoms with Crippen molar-refractivity contribution in [3.05, 3.63) is 0 Å². The fraction of sp³-hybridized carbons (Fsp3) is 0.923. The normalized spacial score (nSPS) is 17.5. The van der Waals surface area contributed by atoms with E-state index in [1.807, 2.05) is 14.0 Å².